The number of ketones is 3. The van der Waals surface area contributed by atoms with Crippen molar-refractivity contribution in [2.75, 3.05) is 19.6 Å². The number of Topliss-reactive ketones (excluding diaryl/α,β-unsaturated/α-hetero) is 3. The molecule has 4 fully saturated rings. The first-order chi connectivity index (χ1) is 50.8. The van der Waals surface area contributed by atoms with E-state index in [2.05, 4.69) is 29.9 Å². The molecule has 3 aromatic heterocycles. The average molecular weight is 1590 g/mol. The molecule has 6 heterocycles. The van der Waals surface area contributed by atoms with E-state index >= 15 is 0 Å². The summed E-state index contributed by atoms with van der Waals surface area (Å²) >= 11 is 0. The monoisotopic (exact) mass is 1590 g/mol. The lowest BCUT2D eigenvalue weighted by Crippen LogP contribution is -2.40. The Morgan fingerprint density at radius 3 is 1.00 bits per heavy atom. The molecule has 3 aliphatic heterocycles. The molecule has 36 heteroatoms. The highest BCUT2D eigenvalue weighted by atomic mass is 32.2. The van der Waals surface area contributed by atoms with Crippen molar-refractivity contribution in [3.05, 3.63) is 174 Å². The van der Waals surface area contributed by atoms with Crippen LogP contribution in [0.3, 0.4) is 0 Å². The number of carbonyl (C=O) groups excluding carboxylic acids is 3. The number of aromatic nitrogens is 6. The molecule has 0 amide bonds. The lowest BCUT2D eigenvalue weighted by atomic mass is 9.80. The predicted octanol–water partition coefficient (Wildman–Crippen LogP) is 14.1. The molecule has 12 rings (SSSR count). The number of rotatable bonds is 21. The van der Waals surface area contributed by atoms with Crippen LogP contribution < -0.4 is 0 Å². The smallest absolute Gasteiger partial charge is 0.298 e. The van der Waals surface area contributed by atoms with Crippen molar-refractivity contribution in [2.24, 2.45) is 17.8 Å². The number of nitrogens with zero attached hydrogens (tertiary/aromatic N) is 9. The lowest BCUT2D eigenvalue weighted by Gasteiger charge is -2.29. The average Bonchev–Trinajstić information content (AvgIpc) is 1.60. The van der Waals surface area contributed by atoms with Crippen LogP contribution in [0, 0.1) is 35.2 Å². The third-order valence-electron chi connectivity index (χ3n) is 20.1. The van der Waals surface area contributed by atoms with Gasteiger partial charge in [-0.1, -0.05) is 12.2 Å². The van der Waals surface area contributed by atoms with Gasteiger partial charge in [0.15, 0.2) is 17.3 Å². The van der Waals surface area contributed by atoms with Crippen molar-refractivity contribution in [1.82, 2.24) is 42.8 Å². The van der Waals surface area contributed by atoms with Crippen LogP contribution in [0.2, 0.25) is 0 Å². The molecule has 18 nitrogen and oxygen atoms in total. The largest absolute Gasteiger partial charge is 0.392 e. The SMILES string of the molecule is O=C(CCc1cc(C2=CCC(C(F)(F)F)CC2)ncn1)[C@@H]1C[C@@H](F)CN1S(=O)(=O)c1ccc(F)cc1.O=C(CCc1cc(C2=CC[C@@H](C(F)(F)F)CC2)ncn1)[C@@H]1C[C@@H](F)CN1S(=O)(=O)c1ccc(F)cc1.O=C(CCc1cc(C2CCC(C(F)(F)F)CC2)ncn1)[C@@H]1C[C@@H](F)CN1S(=O)(=O)c1ccc(F)cc1. The normalized spacial score (nSPS) is 24.2. The maximum absolute atomic E-state index is 14.2. The Morgan fingerprint density at radius 2 is 0.704 bits per heavy atom. The molecular formula is C72H74F15N9O9S3. The summed E-state index contributed by atoms with van der Waals surface area (Å²) in [7, 11) is -12.6. The van der Waals surface area contributed by atoms with Crippen LogP contribution in [0.25, 0.3) is 11.1 Å². The number of hydrogen-bond acceptors (Lipinski definition) is 15. The topological polar surface area (TPSA) is 241 Å². The number of aryl methyl sites for hydroxylation is 3. The van der Waals surface area contributed by atoms with Crippen LogP contribution >= 0.6 is 0 Å². The molecule has 3 aromatic carbocycles. The van der Waals surface area contributed by atoms with Gasteiger partial charge in [0, 0.05) is 86.9 Å². The molecule has 8 atom stereocenters. The van der Waals surface area contributed by atoms with Gasteiger partial charge in [-0.05, 0) is 186 Å². The Balaban J connectivity index is 0.000000173. The van der Waals surface area contributed by atoms with Crippen LogP contribution in [0.1, 0.15) is 143 Å². The van der Waals surface area contributed by atoms with E-state index in [0.29, 0.717) is 58.2 Å². The first-order valence-corrected chi connectivity index (χ1v) is 39.0. The fourth-order valence-electron chi connectivity index (χ4n) is 14.1. The number of alkyl halides is 12. The van der Waals surface area contributed by atoms with Gasteiger partial charge < -0.3 is 0 Å². The van der Waals surface area contributed by atoms with E-state index in [-0.39, 0.29) is 130 Å². The van der Waals surface area contributed by atoms with E-state index in [1.54, 1.807) is 18.2 Å². The van der Waals surface area contributed by atoms with E-state index in [9.17, 15) is 105 Å². The zero-order chi connectivity index (χ0) is 78.3. The molecule has 1 unspecified atom stereocenters. The number of halogens is 15. The Hall–Kier alpha value is -7.93. The molecule has 6 aromatic rings. The summed E-state index contributed by atoms with van der Waals surface area (Å²) in [5, 5.41) is 0. The summed E-state index contributed by atoms with van der Waals surface area (Å²) in [5.74, 6) is -7.47. The molecule has 0 spiro atoms. The van der Waals surface area contributed by atoms with Crippen molar-refractivity contribution in [3.8, 4) is 0 Å². The molecule has 3 saturated heterocycles. The number of sulfonamides is 3. The van der Waals surface area contributed by atoms with Gasteiger partial charge in [-0.3, -0.25) is 14.4 Å². The maximum Gasteiger partial charge on any atom is 0.392 e. The third-order valence-corrected chi connectivity index (χ3v) is 25.7. The number of carbonyl (C=O) groups is 3. The molecule has 108 heavy (non-hydrogen) atoms. The summed E-state index contributed by atoms with van der Waals surface area (Å²) in [6.45, 7) is -1.41. The van der Waals surface area contributed by atoms with E-state index in [1.807, 2.05) is 0 Å². The molecule has 1 saturated carbocycles. The Kier molecular flexibility index (Phi) is 26.4. The molecule has 584 valence electrons. The van der Waals surface area contributed by atoms with Gasteiger partial charge in [-0.25, -0.2) is 81.5 Å². The van der Waals surface area contributed by atoms with Gasteiger partial charge in [0.1, 0.15) is 54.9 Å². The number of allylic oxidation sites excluding steroid dienone is 4. The van der Waals surface area contributed by atoms with E-state index in [4.69, 9.17) is 0 Å². The fourth-order valence-corrected chi connectivity index (χ4v) is 19.0. The molecular weight excluding hydrogens is 1520 g/mol. The maximum atomic E-state index is 14.2. The zero-order valence-corrected chi connectivity index (χ0v) is 59.9. The fraction of sp³-hybridized carbons (Fsp3) is 0.486. The Bertz CT molecular complexity index is 4400. The standard InChI is InChI=1S/C24H26F5N3O3S.2C24H24F5N3O3S/c3*25-17-5-8-20(9-6-17)36(34,35)32-13-18(26)11-22(32)23(33)10-7-19-12-21(31-14-30-19)15-1-3-16(4-2-15)24(27,28)29/h5-6,8-9,12,14-16,18,22H,1-4,7,10-11,13H2;2*1,5-6,8-9,12,14,16,18,22H,2-4,7,10-11,13H2/t15?,16?,18-,22+;16?,18-,22+;16-,18-,22+/m111/s1. The van der Waals surface area contributed by atoms with Crippen molar-refractivity contribution in [2.45, 2.75) is 198 Å². The minimum absolute atomic E-state index is 0.0302. The molecule has 0 bridgehead atoms. The van der Waals surface area contributed by atoms with Crippen LogP contribution in [0.5, 0.6) is 0 Å². The van der Waals surface area contributed by atoms with Crippen LogP contribution in [0.4, 0.5) is 65.9 Å². The Morgan fingerprint density at radius 1 is 0.398 bits per heavy atom. The zero-order valence-electron chi connectivity index (χ0n) is 57.5. The number of hydrogen-bond donors (Lipinski definition) is 0. The van der Waals surface area contributed by atoms with E-state index < -0.39 is 157 Å². The quantitative estimate of drug-likeness (QED) is 0.0609. The highest BCUT2D eigenvalue weighted by Crippen LogP contribution is 2.44. The third kappa shape index (κ3) is 20.7. The first kappa shape index (κ1) is 82.6. The minimum atomic E-state index is -4.24. The molecule has 0 N–H and O–H groups in total. The summed E-state index contributed by atoms with van der Waals surface area (Å²) in [5.41, 5.74) is 4.39. The van der Waals surface area contributed by atoms with Gasteiger partial charge in [-0.15, -0.1) is 0 Å². The van der Waals surface area contributed by atoms with E-state index in [0.717, 1.165) is 85.7 Å². The molecule has 6 aliphatic rings. The van der Waals surface area contributed by atoms with Gasteiger partial charge in [0.25, 0.3) is 0 Å². The van der Waals surface area contributed by atoms with Gasteiger partial charge in [0.05, 0.1) is 62.0 Å². The highest BCUT2D eigenvalue weighted by molar-refractivity contribution is 7.89. The second kappa shape index (κ2) is 34.5. The highest BCUT2D eigenvalue weighted by Gasteiger charge is 2.48. The first-order valence-electron chi connectivity index (χ1n) is 34.7. The van der Waals surface area contributed by atoms with Gasteiger partial charge in [-0.2, -0.15) is 52.4 Å². The van der Waals surface area contributed by atoms with Crippen molar-refractivity contribution < 1.29 is 105 Å². The summed E-state index contributed by atoms with van der Waals surface area (Å²) in [4.78, 5) is 63.0. The van der Waals surface area contributed by atoms with Gasteiger partial charge >= 0.3 is 18.5 Å². The summed E-state index contributed by atoms with van der Waals surface area (Å²) < 4.78 is 279. The molecule has 0 radical (unpaired) electrons. The summed E-state index contributed by atoms with van der Waals surface area (Å²) in [6.07, 6.45) is -10.1. The Labute approximate surface area is 612 Å². The summed E-state index contributed by atoms with van der Waals surface area (Å²) in [6, 6.07) is 13.6. The second-order valence-electron chi connectivity index (χ2n) is 27.3. The van der Waals surface area contributed by atoms with Crippen molar-refractivity contribution in [3.63, 3.8) is 0 Å². The van der Waals surface area contributed by atoms with Gasteiger partial charge in [0.2, 0.25) is 30.1 Å². The van der Waals surface area contributed by atoms with Crippen LogP contribution in [-0.4, -0.2) is 160 Å². The van der Waals surface area contributed by atoms with Crippen LogP contribution in [-0.2, 0) is 63.7 Å². The predicted molar refractivity (Wildman–Crippen MR) is 360 cm³/mol. The van der Waals surface area contributed by atoms with E-state index in [1.165, 1.54) is 31.1 Å². The second-order valence-corrected chi connectivity index (χ2v) is 33.0. The number of benzene rings is 3. The lowest BCUT2D eigenvalue weighted by molar-refractivity contribution is -0.182. The minimum Gasteiger partial charge on any atom is -0.298 e. The van der Waals surface area contributed by atoms with Crippen molar-refractivity contribution >= 4 is 58.6 Å². The molecule has 3 aliphatic carbocycles. The van der Waals surface area contributed by atoms with Crippen molar-refractivity contribution in [1.29, 1.82) is 0 Å². The van der Waals surface area contributed by atoms with Crippen LogP contribution in [0.15, 0.2) is 137 Å².